The van der Waals surface area contributed by atoms with Crippen molar-refractivity contribution in [3.8, 4) is 0 Å². The lowest BCUT2D eigenvalue weighted by Gasteiger charge is -2.46. The van der Waals surface area contributed by atoms with Crippen LogP contribution in [0.25, 0.3) is 0 Å². The SMILES string of the molecule is CC1CCCC(CNC(C)c2ccccc2F)(N(C)C)C1. The molecule has 1 saturated carbocycles. The zero-order valence-electron chi connectivity index (χ0n) is 13.8. The molecule has 0 spiro atoms. The molecule has 0 aromatic heterocycles. The Morgan fingerprint density at radius 1 is 1.38 bits per heavy atom. The third-order valence-corrected chi connectivity index (χ3v) is 5.13. The van der Waals surface area contributed by atoms with Gasteiger partial charge in [0.2, 0.25) is 0 Å². The van der Waals surface area contributed by atoms with Crippen molar-refractivity contribution in [3.63, 3.8) is 0 Å². The van der Waals surface area contributed by atoms with Gasteiger partial charge in [-0.25, -0.2) is 4.39 Å². The first-order chi connectivity index (χ1) is 9.94. The number of nitrogens with one attached hydrogen (secondary N) is 1. The summed E-state index contributed by atoms with van der Waals surface area (Å²) in [4.78, 5) is 2.36. The van der Waals surface area contributed by atoms with Crippen LogP contribution in [0.2, 0.25) is 0 Å². The van der Waals surface area contributed by atoms with Crippen molar-refractivity contribution in [3.05, 3.63) is 35.6 Å². The van der Waals surface area contributed by atoms with Crippen molar-refractivity contribution in [1.29, 1.82) is 0 Å². The highest BCUT2D eigenvalue weighted by atomic mass is 19.1. The summed E-state index contributed by atoms with van der Waals surface area (Å²) in [6.45, 7) is 5.31. The molecule has 1 aliphatic rings. The summed E-state index contributed by atoms with van der Waals surface area (Å²) in [5.41, 5.74) is 0.965. The van der Waals surface area contributed by atoms with Crippen LogP contribution in [-0.4, -0.2) is 31.1 Å². The summed E-state index contributed by atoms with van der Waals surface area (Å²) in [6, 6.07) is 7.10. The van der Waals surface area contributed by atoms with E-state index in [-0.39, 0.29) is 17.4 Å². The molecular weight excluding hydrogens is 263 g/mol. The van der Waals surface area contributed by atoms with Crippen LogP contribution in [0, 0.1) is 11.7 Å². The maximum atomic E-state index is 13.9. The van der Waals surface area contributed by atoms with Crippen LogP contribution in [0.4, 0.5) is 4.39 Å². The van der Waals surface area contributed by atoms with Gasteiger partial charge in [0, 0.05) is 23.7 Å². The normalized spacial score (nSPS) is 27.8. The summed E-state index contributed by atoms with van der Waals surface area (Å²) in [7, 11) is 4.35. The van der Waals surface area contributed by atoms with Gasteiger partial charge in [0.1, 0.15) is 5.82 Å². The van der Waals surface area contributed by atoms with Gasteiger partial charge in [0.05, 0.1) is 0 Å². The van der Waals surface area contributed by atoms with E-state index in [4.69, 9.17) is 0 Å². The number of rotatable bonds is 5. The fraction of sp³-hybridized carbons (Fsp3) is 0.667. The second-order valence-corrected chi connectivity index (χ2v) is 6.94. The van der Waals surface area contributed by atoms with Gasteiger partial charge in [-0.2, -0.15) is 0 Å². The average Bonchev–Trinajstić information content (AvgIpc) is 2.45. The Hall–Kier alpha value is -0.930. The van der Waals surface area contributed by atoms with Crippen LogP contribution >= 0.6 is 0 Å². The van der Waals surface area contributed by atoms with E-state index >= 15 is 0 Å². The molecule has 3 atom stereocenters. The minimum atomic E-state index is -0.117. The minimum absolute atomic E-state index is 0.0419. The molecule has 1 aromatic carbocycles. The number of hydrogen-bond acceptors (Lipinski definition) is 2. The topological polar surface area (TPSA) is 15.3 Å². The molecule has 0 saturated heterocycles. The van der Waals surface area contributed by atoms with Gasteiger partial charge in [-0.3, -0.25) is 0 Å². The summed E-state index contributed by atoms with van der Waals surface area (Å²) >= 11 is 0. The maximum absolute atomic E-state index is 13.9. The molecule has 0 heterocycles. The van der Waals surface area contributed by atoms with Crippen LogP contribution in [-0.2, 0) is 0 Å². The summed E-state index contributed by atoms with van der Waals surface area (Å²) in [6.07, 6.45) is 5.06. The van der Waals surface area contributed by atoms with E-state index in [1.165, 1.54) is 31.7 Å². The van der Waals surface area contributed by atoms with Gasteiger partial charge >= 0.3 is 0 Å². The summed E-state index contributed by atoms with van der Waals surface area (Å²) < 4.78 is 13.9. The Kier molecular flexibility index (Phi) is 5.39. The van der Waals surface area contributed by atoms with Crippen molar-refractivity contribution in [2.45, 2.75) is 51.1 Å². The lowest BCUT2D eigenvalue weighted by Crippen LogP contribution is -2.54. The van der Waals surface area contributed by atoms with Crippen molar-refractivity contribution in [2.75, 3.05) is 20.6 Å². The largest absolute Gasteiger partial charge is 0.308 e. The van der Waals surface area contributed by atoms with Crippen molar-refractivity contribution < 1.29 is 4.39 Å². The smallest absolute Gasteiger partial charge is 0.127 e. The van der Waals surface area contributed by atoms with Crippen molar-refractivity contribution in [1.82, 2.24) is 10.2 Å². The van der Waals surface area contributed by atoms with Crippen LogP contribution in [0.1, 0.15) is 51.1 Å². The van der Waals surface area contributed by atoms with Crippen LogP contribution in [0.5, 0.6) is 0 Å². The van der Waals surface area contributed by atoms with Crippen molar-refractivity contribution >= 4 is 0 Å². The molecule has 2 nitrogen and oxygen atoms in total. The third kappa shape index (κ3) is 3.83. The summed E-state index contributed by atoms with van der Waals surface area (Å²) in [5.74, 6) is 0.653. The van der Waals surface area contributed by atoms with E-state index in [2.05, 4.69) is 31.2 Å². The Labute approximate surface area is 128 Å². The first-order valence-electron chi connectivity index (χ1n) is 8.10. The summed E-state index contributed by atoms with van der Waals surface area (Å²) in [5, 5.41) is 3.57. The maximum Gasteiger partial charge on any atom is 0.127 e. The molecule has 1 N–H and O–H groups in total. The standard InChI is InChI=1S/C18H29FN2/c1-14-8-7-11-18(12-14,21(3)4)13-20-15(2)16-9-5-6-10-17(16)19/h5-6,9-10,14-15,20H,7-8,11-13H2,1-4H3. The highest BCUT2D eigenvalue weighted by Gasteiger charge is 2.36. The highest BCUT2D eigenvalue weighted by Crippen LogP contribution is 2.35. The fourth-order valence-electron chi connectivity index (χ4n) is 3.64. The van der Waals surface area contributed by atoms with E-state index in [9.17, 15) is 4.39 Å². The number of halogens is 1. The Balaban J connectivity index is 2.04. The Bertz CT molecular complexity index is 460. The van der Waals surface area contributed by atoms with Gasteiger partial charge in [0.25, 0.3) is 0 Å². The van der Waals surface area contributed by atoms with Crippen LogP contribution in [0.15, 0.2) is 24.3 Å². The van der Waals surface area contributed by atoms with Gasteiger partial charge in [-0.15, -0.1) is 0 Å². The van der Waals surface area contributed by atoms with Crippen molar-refractivity contribution in [2.24, 2.45) is 5.92 Å². The minimum Gasteiger partial charge on any atom is -0.308 e. The molecule has 0 radical (unpaired) electrons. The second kappa shape index (κ2) is 6.89. The third-order valence-electron chi connectivity index (χ3n) is 5.13. The van der Waals surface area contributed by atoms with Gasteiger partial charge in [0.15, 0.2) is 0 Å². The molecule has 21 heavy (non-hydrogen) atoms. The molecule has 1 aromatic rings. The molecule has 0 amide bonds. The molecule has 3 heteroatoms. The molecule has 2 rings (SSSR count). The van der Waals surface area contributed by atoms with E-state index < -0.39 is 0 Å². The molecule has 3 unspecified atom stereocenters. The quantitative estimate of drug-likeness (QED) is 0.883. The fourth-order valence-corrected chi connectivity index (χ4v) is 3.64. The van der Waals surface area contributed by atoms with Crippen LogP contribution in [0.3, 0.4) is 0 Å². The van der Waals surface area contributed by atoms with Gasteiger partial charge in [-0.05, 0) is 45.8 Å². The zero-order chi connectivity index (χ0) is 15.5. The molecule has 0 bridgehead atoms. The van der Waals surface area contributed by atoms with Gasteiger partial charge in [-0.1, -0.05) is 38.0 Å². The first kappa shape index (κ1) is 16.4. The van der Waals surface area contributed by atoms with E-state index in [0.29, 0.717) is 0 Å². The zero-order valence-corrected chi connectivity index (χ0v) is 13.8. The number of benzene rings is 1. The van der Waals surface area contributed by atoms with Gasteiger partial charge < -0.3 is 10.2 Å². The average molecular weight is 292 g/mol. The Morgan fingerprint density at radius 2 is 2.10 bits per heavy atom. The highest BCUT2D eigenvalue weighted by molar-refractivity contribution is 5.20. The van der Waals surface area contributed by atoms with E-state index in [1.807, 2.05) is 19.1 Å². The van der Waals surface area contributed by atoms with E-state index in [1.54, 1.807) is 6.07 Å². The predicted octanol–water partition coefficient (Wildman–Crippen LogP) is 3.99. The van der Waals surface area contributed by atoms with Crippen LogP contribution < -0.4 is 5.32 Å². The molecule has 0 aliphatic heterocycles. The molecular formula is C18H29FN2. The molecule has 1 aliphatic carbocycles. The first-order valence-corrected chi connectivity index (χ1v) is 8.10. The molecule has 1 fully saturated rings. The number of nitrogens with zero attached hydrogens (tertiary/aromatic N) is 1. The predicted molar refractivity (Wildman–Crippen MR) is 86.9 cm³/mol. The second-order valence-electron chi connectivity index (χ2n) is 6.94. The number of likely N-dealkylation sites (N-methyl/N-ethyl adjacent to an activating group) is 1. The lowest BCUT2D eigenvalue weighted by molar-refractivity contribution is 0.0727. The Morgan fingerprint density at radius 3 is 2.71 bits per heavy atom. The molecule has 118 valence electrons. The van der Waals surface area contributed by atoms with E-state index in [0.717, 1.165) is 18.0 Å². The lowest BCUT2D eigenvalue weighted by atomic mass is 9.75. The number of hydrogen-bond donors (Lipinski definition) is 1. The monoisotopic (exact) mass is 292 g/mol.